The zero-order valence-corrected chi connectivity index (χ0v) is 12.9. The lowest BCUT2D eigenvalue weighted by molar-refractivity contribution is -0.110. The molecule has 0 spiro atoms. The number of allylic oxidation sites excluding steroid dienone is 5. The molecule has 0 aromatic rings. The van der Waals surface area contributed by atoms with E-state index in [0.29, 0.717) is 11.8 Å². The second-order valence-corrected chi connectivity index (χ2v) is 7.93. The van der Waals surface area contributed by atoms with Gasteiger partial charge in [-0.05, 0) is 61.5 Å². The predicted molar refractivity (Wildman–Crippen MR) is 82.6 cm³/mol. The van der Waals surface area contributed by atoms with E-state index in [1.54, 1.807) is 6.08 Å². The average molecular weight is 284 g/mol. The molecule has 0 radical (unpaired) electrons. The summed E-state index contributed by atoms with van der Waals surface area (Å²) in [5.41, 5.74) is 3.11. The molecular weight excluding hydrogens is 260 g/mol. The maximum absolute atomic E-state index is 11.7. The van der Waals surface area contributed by atoms with Gasteiger partial charge in [0.2, 0.25) is 0 Å². The Kier molecular flexibility index (Phi) is 2.70. The highest BCUT2D eigenvalue weighted by Crippen LogP contribution is 2.62. The molecule has 4 aliphatic carbocycles. The summed E-state index contributed by atoms with van der Waals surface area (Å²) in [6.07, 6.45) is 13.1. The molecule has 2 heteroatoms. The number of hydrogen-bond donors (Lipinski definition) is 1. The standard InChI is InChI=1S/C19H24O2/c1-18-7-6-16-15(17(18)10-14(21)11-18)4-3-12-9-13(20)5-8-19(12,16)2/h5,8-10,14-16,21H,3-4,6-7,11H2,1-2H3/t14?,15?,16?,18-,19?/m0/s1. The fourth-order valence-corrected chi connectivity index (χ4v) is 5.58. The summed E-state index contributed by atoms with van der Waals surface area (Å²) in [6, 6.07) is 0. The van der Waals surface area contributed by atoms with E-state index in [9.17, 15) is 9.90 Å². The molecule has 21 heavy (non-hydrogen) atoms. The lowest BCUT2D eigenvalue weighted by Crippen LogP contribution is -2.45. The summed E-state index contributed by atoms with van der Waals surface area (Å²) >= 11 is 0. The monoisotopic (exact) mass is 284 g/mol. The molecule has 5 atom stereocenters. The van der Waals surface area contributed by atoms with Crippen molar-refractivity contribution < 1.29 is 9.90 Å². The first kappa shape index (κ1) is 13.5. The lowest BCUT2D eigenvalue weighted by atomic mass is 9.50. The molecule has 4 unspecified atom stereocenters. The molecule has 0 bridgehead atoms. The molecule has 2 saturated carbocycles. The Labute approximate surface area is 126 Å². The Morgan fingerprint density at radius 3 is 2.90 bits per heavy atom. The van der Waals surface area contributed by atoms with Crippen LogP contribution in [0.2, 0.25) is 0 Å². The Hall–Kier alpha value is -1.15. The normalized spacial score (nSPS) is 48.1. The van der Waals surface area contributed by atoms with Gasteiger partial charge >= 0.3 is 0 Å². The van der Waals surface area contributed by atoms with E-state index < -0.39 is 0 Å². The number of carbonyl (C=O) groups is 1. The largest absolute Gasteiger partial charge is 0.389 e. The first-order chi connectivity index (χ1) is 9.92. The van der Waals surface area contributed by atoms with Crippen LogP contribution in [0.3, 0.4) is 0 Å². The van der Waals surface area contributed by atoms with Crippen LogP contribution in [0, 0.1) is 22.7 Å². The van der Waals surface area contributed by atoms with E-state index in [-0.39, 0.29) is 22.7 Å². The molecule has 2 nitrogen and oxygen atoms in total. The Bertz CT molecular complexity index is 597. The van der Waals surface area contributed by atoms with Crippen LogP contribution in [0.4, 0.5) is 0 Å². The molecule has 0 saturated heterocycles. The summed E-state index contributed by atoms with van der Waals surface area (Å²) in [5, 5.41) is 10.1. The van der Waals surface area contributed by atoms with Crippen LogP contribution >= 0.6 is 0 Å². The topological polar surface area (TPSA) is 37.3 Å². The highest BCUT2D eigenvalue weighted by Gasteiger charge is 2.53. The van der Waals surface area contributed by atoms with Gasteiger partial charge in [-0.2, -0.15) is 0 Å². The maximum Gasteiger partial charge on any atom is 0.178 e. The second-order valence-electron chi connectivity index (χ2n) is 7.93. The number of hydrogen-bond acceptors (Lipinski definition) is 2. The van der Waals surface area contributed by atoms with Crippen LogP contribution < -0.4 is 0 Å². The van der Waals surface area contributed by atoms with Gasteiger partial charge in [0.05, 0.1) is 6.10 Å². The third kappa shape index (κ3) is 1.78. The number of carbonyl (C=O) groups excluding carboxylic acids is 1. The summed E-state index contributed by atoms with van der Waals surface area (Å²) in [6.45, 7) is 4.65. The highest BCUT2D eigenvalue weighted by atomic mass is 16.3. The predicted octanol–water partition coefficient (Wildman–Crippen LogP) is 3.58. The zero-order chi connectivity index (χ0) is 14.8. The molecule has 0 aliphatic heterocycles. The Morgan fingerprint density at radius 1 is 1.29 bits per heavy atom. The summed E-state index contributed by atoms with van der Waals surface area (Å²) in [7, 11) is 0. The van der Waals surface area contributed by atoms with Crippen molar-refractivity contribution in [3.8, 4) is 0 Å². The minimum atomic E-state index is -0.253. The number of fused-ring (bicyclic) bond motifs is 5. The quantitative estimate of drug-likeness (QED) is 0.690. The average Bonchev–Trinajstić information content (AvgIpc) is 2.74. The van der Waals surface area contributed by atoms with Gasteiger partial charge in [0.15, 0.2) is 5.78 Å². The fourth-order valence-electron chi connectivity index (χ4n) is 5.58. The van der Waals surface area contributed by atoms with E-state index in [0.717, 1.165) is 19.3 Å². The van der Waals surface area contributed by atoms with Gasteiger partial charge in [0.1, 0.15) is 0 Å². The minimum Gasteiger partial charge on any atom is -0.389 e. The SMILES string of the molecule is CC12C=CC(=O)C=C1CCC1C3=CC(O)C[C@]3(C)CCC12. The molecule has 0 aromatic heterocycles. The Morgan fingerprint density at radius 2 is 2.10 bits per heavy atom. The third-order valence-electron chi connectivity index (χ3n) is 6.72. The maximum atomic E-state index is 11.7. The molecule has 0 heterocycles. The van der Waals surface area contributed by atoms with Gasteiger partial charge in [-0.15, -0.1) is 0 Å². The fraction of sp³-hybridized carbons (Fsp3) is 0.632. The first-order valence-electron chi connectivity index (χ1n) is 8.27. The Balaban J connectivity index is 1.75. The molecule has 112 valence electrons. The summed E-state index contributed by atoms with van der Waals surface area (Å²) < 4.78 is 0. The van der Waals surface area contributed by atoms with Crippen molar-refractivity contribution in [3.05, 3.63) is 35.5 Å². The zero-order valence-electron chi connectivity index (χ0n) is 12.9. The van der Waals surface area contributed by atoms with Crippen LogP contribution in [0.15, 0.2) is 35.5 Å². The smallest absolute Gasteiger partial charge is 0.178 e. The highest BCUT2D eigenvalue weighted by molar-refractivity contribution is 6.01. The van der Waals surface area contributed by atoms with Crippen molar-refractivity contribution >= 4 is 5.78 Å². The molecule has 0 aromatic carbocycles. The minimum absolute atomic E-state index is 0.0482. The van der Waals surface area contributed by atoms with E-state index in [2.05, 4.69) is 26.0 Å². The van der Waals surface area contributed by atoms with Crippen molar-refractivity contribution in [2.24, 2.45) is 22.7 Å². The number of rotatable bonds is 0. The molecule has 4 rings (SSSR count). The van der Waals surface area contributed by atoms with Crippen LogP contribution in [0.1, 0.15) is 46.0 Å². The van der Waals surface area contributed by atoms with Gasteiger partial charge in [0.25, 0.3) is 0 Å². The van der Waals surface area contributed by atoms with E-state index in [1.807, 2.05) is 6.08 Å². The summed E-state index contributed by atoms with van der Waals surface area (Å²) in [4.78, 5) is 11.7. The number of aliphatic hydroxyl groups is 1. The van der Waals surface area contributed by atoms with Crippen LogP contribution in [0.5, 0.6) is 0 Å². The molecule has 1 N–H and O–H groups in total. The molecule has 4 aliphatic rings. The van der Waals surface area contributed by atoms with Crippen molar-refractivity contribution in [1.29, 1.82) is 0 Å². The van der Waals surface area contributed by atoms with Crippen molar-refractivity contribution in [1.82, 2.24) is 0 Å². The van der Waals surface area contributed by atoms with Crippen LogP contribution in [-0.4, -0.2) is 17.0 Å². The van der Waals surface area contributed by atoms with Gasteiger partial charge in [0, 0.05) is 5.41 Å². The van der Waals surface area contributed by atoms with E-state index in [1.165, 1.54) is 24.0 Å². The van der Waals surface area contributed by atoms with Crippen LogP contribution in [-0.2, 0) is 4.79 Å². The van der Waals surface area contributed by atoms with Gasteiger partial charge in [-0.25, -0.2) is 0 Å². The van der Waals surface area contributed by atoms with E-state index >= 15 is 0 Å². The number of aliphatic hydroxyl groups excluding tert-OH is 1. The van der Waals surface area contributed by atoms with Crippen LogP contribution in [0.25, 0.3) is 0 Å². The van der Waals surface area contributed by atoms with Gasteiger partial charge in [-0.3, -0.25) is 4.79 Å². The van der Waals surface area contributed by atoms with E-state index in [4.69, 9.17) is 0 Å². The summed E-state index contributed by atoms with van der Waals surface area (Å²) in [5.74, 6) is 1.32. The molecular formula is C19H24O2. The molecule has 2 fully saturated rings. The number of ketones is 1. The first-order valence-corrected chi connectivity index (χ1v) is 8.27. The van der Waals surface area contributed by atoms with Crippen molar-refractivity contribution in [2.45, 2.75) is 52.1 Å². The second kappa shape index (κ2) is 4.19. The molecule has 0 amide bonds. The van der Waals surface area contributed by atoms with Gasteiger partial charge in [-0.1, -0.05) is 37.1 Å². The van der Waals surface area contributed by atoms with Crippen molar-refractivity contribution in [2.75, 3.05) is 0 Å². The third-order valence-corrected chi connectivity index (χ3v) is 6.72. The lowest BCUT2D eigenvalue weighted by Gasteiger charge is -2.54. The van der Waals surface area contributed by atoms with Gasteiger partial charge < -0.3 is 5.11 Å². The van der Waals surface area contributed by atoms with Crippen molar-refractivity contribution in [3.63, 3.8) is 0 Å².